The molecule has 4 nitrogen and oxygen atoms in total. The Bertz CT molecular complexity index is 476. The van der Waals surface area contributed by atoms with Gasteiger partial charge in [0.2, 0.25) is 0 Å². The summed E-state index contributed by atoms with van der Waals surface area (Å²) in [6.45, 7) is 0.378. The molecule has 16 heavy (non-hydrogen) atoms. The van der Waals surface area contributed by atoms with E-state index in [9.17, 15) is 0 Å². The number of rotatable bonds is 3. The minimum atomic E-state index is 0.378. The molecule has 2 aromatic rings. The van der Waals surface area contributed by atoms with Gasteiger partial charge in [0.05, 0.1) is 17.6 Å². The van der Waals surface area contributed by atoms with E-state index in [4.69, 9.17) is 22.1 Å². The Morgan fingerprint density at radius 1 is 1.50 bits per heavy atom. The van der Waals surface area contributed by atoms with Crippen molar-refractivity contribution in [3.8, 4) is 5.75 Å². The third kappa shape index (κ3) is 2.28. The number of hydrogen-bond donors (Lipinski definition) is 1. The summed E-state index contributed by atoms with van der Waals surface area (Å²) in [4.78, 5) is 0. The topological polar surface area (TPSA) is 53.1 Å². The SMILES string of the molecule is Cn1ncc(N)c1COc1cccc(Cl)c1. The van der Waals surface area contributed by atoms with Crippen LogP contribution in [0, 0.1) is 0 Å². The summed E-state index contributed by atoms with van der Waals surface area (Å²) in [6.07, 6.45) is 1.61. The molecule has 0 aliphatic carbocycles. The maximum absolute atomic E-state index is 5.85. The van der Waals surface area contributed by atoms with E-state index in [-0.39, 0.29) is 0 Å². The Hall–Kier alpha value is -1.68. The molecule has 0 aliphatic heterocycles. The highest BCUT2D eigenvalue weighted by atomic mass is 35.5. The van der Waals surface area contributed by atoms with Gasteiger partial charge in [-0.15, -0.1) is 0 Å². The highest BCUT2D eigenvalue weighted by Crippen LogP contribution is 2.19. The van der Waals surface area contributed by atoms with Crippen LogP contribution >= 0.6 is 11.6 Å². The number of ether oxygens (including phenoxy) is 1. The summed E-state index contributed by atoms with van der Waals surface area (Å²) in [6, 6.07) is 7.24. The number of aryl methyl sites for hydroxylation is 1. The maximum Gasteiger partial charge on any atom is 0.132 e. The molecule has 0 unspecified atom stereocenters. The van der Waals surface area contributed by atoms with E-state index < -0.39 is 0 Å². The first kappa shape index (κ1) is 10.8. The molecule has 1 aromatic heterocycles. The van der Waals surface area contributed by atoms with Crippen molar-refractivity contribution in [3.05, 3.63) is 41.2 Å². The monoisotopic (exact) mass is 237 g/mol. The normalized spacial score (nSPS) is 10.4. The van der Waals surface area contributed by atoms with E-state index in [1.165, 1.54) is 0 Å². The van der Waals surface area contributed by atoms with E-state index in [2.05, 4.69) is 5.10 Å². The lowest BCUT2D eigenvalue weighted by Crippen LogP contribution is -2.05. The van der Waals surface area contributed by atoms with E-state index in [1.807, 2.05) is 19.2 Å². The standard InChI is InChI=1S/C11H12ClN3O/c1-15-11(10(13)6-14-15)7-16-9-4-2-3-8(12)5-9/h2-6H,7,13H2,1H3. The van der Waals surface area contributed by atoms with Gasteiger partial charge in [-0.3, -0.25) is 4.68 Å². The van der Waals surface area contributed by atoms with Crippen molar-refractivity contribution >= 4 is 17.3 Å². The number of halogens is 1. The first-order valence-electron chi connectivity index (χ1n) is 4.81. The van der Waals surface area contributed by atoms with Crippen molar-refractivity contribution in [1.82, 2.24) is 9.78 Å². The van der Waals surface area contributed by atoms with Crippen molar-refractivity contribution in [2.24, 2.45) is 7.05 Å². The van der Waals surface area contributed by atoms with Gasteiger partial charge in [0, 0.05) is 12.1 Å². The van der Waals surface area contributed by atoms with Crippen LogP contribution in [0.3, 0.4) is 0 Å². The molecule has 0 amide bonds. The second-order valence-electron chi connectivity index (χ2n) is 3.42. The zero-order chi connectivity index (χ0) is 11.5. The Morgan fingerprint density at radius 3 is 2.94 bits per heavy atom. The Morgan fingerprint density at radius 2 is 2.31 bits per heavy atom. The lowest BCUT2D eigenvalue weighted by atomic mass is 10.3. The fourth-order valence-electron chi connectivity index (χ4n) is 1.37. The van der Waals surface area contributed by atoms with E-state index >= 15 is 0 Å². The van der Waals surface area contributed by atoms with Crippen LogP contribution in [0.5, 0.6) is 5.75 Å². The van der Waals surface area contributed by atoms with Crippen molar-refractivity contribution < 1.29 is 4.74 Å². The molecule has 5 heteroatoms. The quantitative estimate of drug-likeness (QED) is 0.891. The van der Waals surface area contributed by atoms with Gasteiger partial charge in [-0.2, -0.15) is 5.10 Å². The summed E-state index contributed by atoms with van der Waals surface area (Å²) in [7, 11) is 1.83. The lowest BCUT2D eigenvalue weighted by Gasteiger charge is -2.07. The molecule has 84 valence electrons. The summed E-state index contributed by atoms with van der Waals surface area (Å²) in [5, 5.41) is 4.68. The van der Waals surface area contributed by atoms with Gasteiger partial charge in [-0.1, -0.05) is 17.7 Å². The van der Waals surface area contributed by atoms with Crippen LogP contribution in [-0.4, -0.2) is 9.78 Å². The van der Waals surface area contributed by atoms with Gasteiger partial charge >= 0.3 is 0 Å². The molecular formula is C11H12ClN3O. The van der Waals surface area contributed by atoms with Crippen LogP contribution in [0.25, 0.3) is 0 Å². The molecule has 0 saturated heterocycles. The Balaban J connectivity index is 2.08. The molecule has 0 saturated carbocycles. The number of aromatic nitrogens is 2. The van der Waals surface area contributed by atoms with Crippen LogP contribution in [-0.2, 0) is 13.7 Å². The predicted octanol–water partition coefficient (Wildman–Crippen LogP) is 2.23. The lowest BCUT2D eigenvalue weighted by molar-refractivity contribution is 0.295. The fourth-order valence-corrected chi connectivity index (χ4v) is 1.55. The van der Waals surface area contributed by atoms with E-state index in [0.29, 0.717) is 23.1 Å². The number of benzene rings is 1. The Kier molecular flexibility index (Phi) is 3.01. The molecular weight excluding hydrogens is 226 g/mol. The van der Waals surface area contributed by atoms with Crippen LogP contribution in [0.15, 0.2) is 30.5 Å². The number of nitrogens with zero attached hydrogens (tertiary/aromatic N) is 2. The molecule has 2 rings (SSSR count). The summed E-state index contributed by atoms with van der Waals surface area (Å²) < 4.78 is 7.26. The minimum absolute atomic E-state index is 0.378. The van der Waals surface area contributed by atoms with Gasteiger partial charge in [-0.05, 0) is 18.2 Å². The molecule has 1 aromatic carbocycles. The molecule has 0 aliphatic rings. The predicted molar refractivity (Wildman–Crippen MR) is 63.4 cm³/mol. The van der Waals surface area contributed by atoms with Gasteiger partial charge in [0.15, 0.2) is 0 Å². The number of anilines is 1. The van der Waals surface area contributed by atoms with Crippen molar-refractivity contribution in [3.63, 3.8) is 0 Å². The third-order valence-electron chi connectivity index (χ3n) is 2.27. The molecule has 1 heterocycles. The fraction of sp³-hybridized carbons (Fsp3) is 0.182. The zero-order valence-corrected chi connectivity index (χ0v) is 9.61. The average molecular weight is 238 g/mol. The van der Waals surface area contributed by atoms with Gasteiger partial charge in [0.1, 0.15) is 12.4 Å². The van der Waals surface area contributed by atoms with Crippen molar-refractivity contribution in [2.75, 3.05) is 5.73 Å². The van der Waals surface area contributed by atoms with Crippen LogP contribution in [0.2, 0.25) is 5.02 Å². The number of nitrogen functional groups attached to an aromatic ring is 1. The number of hydrogen-bond acceptors (Lipinski definition) is 3. The molecule has 0 spiro atoms. The number of nitrogens with two attached hydrogens (primary N) is 1. The van der Waals surface area contributed by atoms with Crippen molar-refractivity contribution in [1.29, 1.82) is 0 Å². The third-order valence-corrected chi connectivity index (χ3v) is 2.50. The van der Waals surface area contributed by atoms with Gasteiger partial charge in [-0.25, -0.2) is 0 Å². The van der Waals surface area contributed by atoms with Gasteiger partial charge in [0.25, 0.3) is 0 Å². The smallest absolute Gasteiger partial charge is 0.132 e. The minimum Gasteiger partial charge on any atom is -0.487 e. The van der Waals surface area contributed by atoms with E-state index in [0.717, 1.165) is 5.69 Å². The van der Waals surface area contributed by atoms with Crippen LogP contribution in [0.4, 0.5) is 5.69 Å². The highest BCUT2D eigenvalue weighted by Gasteiger charge is 2.05. The second kappa shape index (κ2) is 4.45. The second-order valence-corrected chi connectivity index (χ2v) is 3.85. The summed E-state index contributed by atoms with van der Waals surface area (Å²) in [5.74, 6) is 0.716. The first-order chi connectivity index (χ1) is 7.66. The summed E-state index contributed by atoms with van der Waals surface area (Å²) in [5.41, 5.74) is 7.22. The van der Waals surface area contributed by atoms with Crippen LogP contribution < -0.4 is 10.5 Å². The average Bonchev–Trinajstić information content (AvgIpc) is 2.56. The zero-order valence-electron chi connectivity index (χ0n) is 8.85. The van der Waals surface area contributed by atoms with Crippen LogP contribution in [0.1, 0.15) is 5.69 Å². The largest absolute Gasteiger partial charge is 0.487 e. The van der Waals surface area contributed by atoms with Crippen molar-refractivity contribution in [2.45, 2.75) is 6.61 Å². The molecule has 0 atom stereocenters. The highest BCUT2D eigenvalue weighted by molar-refractivity contribution is 6.30. The Labute approximate surface area is 98.6 Å². The maximum atomic E-state index is 5.85. The molecule has 0 bridgehead atoms. The molecule has 0 radical (unpaired) electrons. The summed E-state index contributed by atoms with van der Waals surface area (Å²) >= 11 is 5.85. The molecule has 0 fully saturated rings. The van der Waals surface area contributed by atoms with Gasteiger partial charge < -0.3 is 10.5 Å². The first-order valence-corrected chi connectivity index (χ1v) is 5.19. The van der Waals surface area contributed by atoms with E-state index in [1.54, 1.807) is 23.0 Å². The molecule has 2 N–H and O–H groups in total.